The number of piperidine rings is 1. The molecule has 0 radical (unpaired) electrons. The van der Waals surface area contributed by atoms with Crippen LogP contribution in [-0.2, 0) is 0 Å². The van der Waals surface area contributed by atoms with Gasteiger partial charge in [0.1, 0.15) is 13.2 Å². The van der Waals surface area contributed by atoms with Gasteiger partial charge in [0.15, 0.2) is 11.5 Å². The van der Waals surface area contributed by atoms with E-state index in [2.05, 4.69) is 10.6 Å². The first kappa shape index (κ1) is 17.7. The molecule has 2 aliphatic rings. The van der Waals surface area contributed by atoms with Gasteiger partial charge < -0.3 is 24.8 Å². The standard InChI is InChI=1S/C16H22N2O4.ClH/c1-20-13-7-12(8-14-15(13)22-6-5-21-14)16(19)18-10-11-3-2-4-17-9-11;/h7-8,11,17H,2-6,9-10H2,1H3,(H,18,19);1H. The number of benzene rings is 1. The molecule has 7 heteroatoms. The number of methoxy groups -OCH3 is 1. The minimum atomic E-state index is -0.110. The zero-order valence-corrected chi connectivity index (χ0v) is 14.0. The van der Waals surface area contributed by atoms with E-state index < -0.39 is 0 Å². The number of halogens is 1. The number of ether oxygens (including phenoxy) is 3. The average molecular weight is 343 g/mol. The lowest BCUT2D eigenvalue weighted by Gasteiger charge is -2.23. The molecule has 1 atom stereocenters. The van der Waals surface area contributed by atoms with Crippen LogP contribution < -0.4 is 24.8 Å². The van der Waals surface area contributed by atoms with E-state index in [1.165, 1.54) is 6.42 Å². The van der Waals surface area contributed by atoms with Crippen molar-refractivity contribution in [3.8, 4) is 17.2 Å². The van der Waals surface area contributed by atoms with Crippen molar-refractivity contribution in [3.05, 3.63) is 17.7 Å². The molecule has 2 aliphatic heterocycles. The Kier molecular flexibility index (Phi) is 6.36. The summed E-state index contributed by atoms with van der Waals surface area (Å²) in [6, 6.07) is 3.41. The number of carbonyl (C=O) groups is 1. The number of hydrogen-bond acceptors (Lipinski definition) is 5. The van der Waals surface area contributed by atoms with Crippen molar-refractivity contribution in [1.29, 1.82) is 0 Å². The molecule has 0 aliphatic carbocycles. The summed E-state index contributed by atoms with van der Waals surface area (Å²) in [6.07, 6.45) is 2.32. The summed E-state index contributed by atoms with van der Waals surface area (Å²) in [6.45, 7) is 3.69. The van der Waals surface area contributed by atoms with Crippen LogP contribution in [0.25, 0.3) is 0 Å². The lowest BCUT2D eigenvalue weighted by molar-refractivity contribution is 0.0943. The molecule has 1 aromatic carbocycles. The van der Waals surface area contributed by atoms with Gasteiger partial charge in [0.05, 0.1) is 7.11 Å². The monoisotopic (exact) mass is 342 g/mol. The van der Waals surface area contributed by atoms with Crippen molar-refractivity contribution in [2.24, 2.45) is 5.92 Å². The second kappa shape index (κ2) is 8.26. The van der Waals surface area contributed by atoms with E-state index in [0.29, 0.717) is 48.5 Å². The molecule has 3 rings (SSSR count). The van der Waals surface area contributed by atoms with Gasteiger partial charge in [0.2, 0.25) is 5.75 Å². The van der Waals surface area contributed by atoms with Crippen molar-refractivity contribution < 1.29 is 19.0 Å². The van der Waals surface area contributed by atoms with Crippen LogP contribution in [0.4, 0.5) is 0 Å². The molecule has 1 aromatic rings. The third-order valence-electron chi connectivity index (χ3n) is 4.04. The summed E-state index contributed by atoms with van der Waals surface area (Å²) >= 11 is 0. The number of nitrogens with one attached hydrogen (secondary N) is 2. The van der Waals surface area contributed by atoms with E-state index in [4.69, 9.17) is 14.2 Å². The van der Waals surface area contributed by atoms with Crippen molar-refractivity contribution in [3.63, 3.8) is 0 Å². The van der Waals surface area contributed by atoms with Gasteiger partial charge in [-0.1, -0.05) is 0 Å². The van der Waals surface area contributed by atoms with Crippen LogP contribution in [0.2, 0.25) is 0 Å². The molecule has 128 valence electrons. The molecule has 0 aromatic heterocycles. The summed E-state index contributed by atoms with van der Waals surface area (Å²) in [5.74, 6) is 2.05. The Bertz CT molecular complexity index is 530. The van der Waals surface area contributed by atoms with Gasteiger partial charge in [-0.3, -0.25) is 4.79 Å². The van der Waals surface area contributed by atoms with E-state index in [1.807, 2.05) is 0 Å². The van der Waals surface area contributed by atoms with E-state index in [0.717, 1.165) is 19.5 Å². The predicted octanol–water partition coefficient (Wildman–Crippen LogP) is 1.62. The van der Waals surface area contributed by atoms with E-state index in [1.54, 1.807) is 19.2 Å². The average Bonchev–Trinajstić information content (AvgIpc) is 2.59. The van der Waals surface area contributed by atoms with Gasteiger partial charge in [-0.2, -0.15) is 0 Å². The second-order valence-electron chi connectivity index (χ2n) is 5.63. The minimum Gasteiger partial charge on any atom is -0.493 e. The lowest BCUT2D eigenvalue weighted by Crippen LogP contribution is -2.38. The molecule has 1 amide bonds. The number of carbonyl (C=O) groups excluding carboxylic acids is 1. The molecule has 0 spiro atoms. The van der Waals surface area contributed by atoms with Crippen LogP contribution in [0.3, 0.4) is 0 Å². The predicted molar refractivity (Wildman–Crippen MR) is 89.2 cm³/mol. The van der Waals surface area contributed by atoms with E-state index in [-0.39, 0.29) is 18.3 Å². The third-order valence-corrected chi connectivity index (χ3v) is 4.04. The molecule has 2 heterocycles. The Hall–Kier alpha value is -1.66. The van der Waals surface area contributed by atoms with Crippen LogP contribution in [0, 0.1) is 5.92 Å². The molecule has 2 N–H and O–H groups in total. The van der Waals surface area contributed by atoms with Crippen LogP contribution in [0.1, 0.15) is 23.2 Å². The molecule has 0 bridgehead atoms. The Labute approximate surface area is 142 Å². The van der Waals surface area contributed by atoms with Crippen LogP contribution in [0.15, 0.2) is 12.1 Å². The molecule has 1 unspecified atom stereocenters. The zero-order valence-electron chi connectivity index (χ0n) is 13.2. The Morgan fingerprint density at radius 2 is 2.22 bits per heavy atom. The quantitative estimate of drug-likeness (QED) is 0.870. The lowest BCUT2D eigenvalue weighted by atomic mass is 9.99. The molecule has 6 nitrogen and oxygen atoms in total. The Morgan fingerprint density at radius 3 is 2.96 bits per heavy atom. The maximum Gasteiger partial charge on any atom is 0.251 e. The fourth-order valence-corrected chi connectivity index (χ4v) is 2.84. The van der Waals surface area contributed by atoms with E-state index in [9.17, 15) is 4.79 Å². The van der Waals surface area contributed by atoms with Gasteiger partial charge >= 0.3 is 0 Å². The molecule has 1 fully saturated rings. The SMILES string of the molecule is COc1cc(C(=O)NCC2CCCNC2)cc2c1OCCO2.Cl. The van der Waals surface area contributed by atoms with Crippen LogP contribution in [-0.4, -0.2) is 45.9 Å². The van der Waals surface area contributed by atoms with Gasteiger partial charge in [-0.05, 0) is 44.0 Å². The van der Waals surface area contributed by atoms with Crippen molar-refractivity contribution >= 4 is 18.3 Å². The first-order valence-electron chi connectivity index (χ1n) is 7.74. The largest absolute Gasteiger partial charge is 0.493 e. The summed E-state index contributed by atoms with van der Waals surface area (Å²) in [4.78, 5) is 12.4. The fraction of sp³-hybridized carbons (Fsp3) is 0.562. The Morgan fingerprint density at radius 1 is 1.39 bits per heavy atom. The third kappa shape index (κ3) is 4.20. The van der Waals surface area contributed by atoms with Crippen LogP contribution in [0.5, 0.6) is 17.2 Å². The highest BCUT2D eigenvalue weighted by Crippen LogP contribution is 2.40. The first-order valence-corrected chi connectivity index (χ1v) is 7.74. The maximum absolute atomic E-state index is 12.4. The normalized spacial score (nSPS) is 19.4. The number of amides is 1. The number of fused-ring (bicyclic) bond motifs is 1. The smallest absolute Gasteiger partial charge is 0.251 e. The van der Waals surface area contributed by atoms with Crippen molar-refractivity contribution in [1.82, 2.24) is 10.6 Å². The minimum absolute atomic E-state index is 0. The highest BCUT2D eigenvalue weighted by molar-refractivity contribution is 5.95. The van der Waals surface area contributed by atoms with Crippen LogP contribution >= 0.6 is 12.4 Å². The van der Waals surface area contributed by atoms with Gasteiger partial charge in [0, 0.05) is 12.1 Å². The maximum atomic E-state index is 12.4. The van der Waals surface area contributed by atoms with Gasteiger partial charge in [-0.15, -0.1) is 12.4 Å². The molecule has 1 saturated heterocycles. The zero-order chi connectivity index (χ0) is 15.4. The summed E-state index contributed by atoms with van der Waals surface area (Å²) in [7, 11) is 1.56. The molecular weight excluding hydrogens is 320 g/mol. The summed E-state index contributed by atoms with van der Waals surface area (Å²) in [5, 5.41) is 6.35. The highest BCUT2D eigenvalue weighted by atomic mass is 35.5. The molecule has 23 heavy (non-hydrogen) atoms. The first-order chi connectivity index (χ1) is 10.8. The van der Waals surface area contributed by atoms with Gasteiger partial charge in [-0.25, -0.2) is 0 Å². The fourth-order valence-electron chi connectivity index (χ4n) is 2.84. The molecule has 0 saturated carbocycles. The topological polar surface area (TPSA) is 68.8 Å². The van der Waals surface area contributed by atoms with E-state index >= 15 is 0 Å². The number of rotatable bonds is 4. The Balaban J connectivity index is 0.00000192. The summed E-state index contributed by atoms with van der Waals surface area (Å²) in [5.41, 5.74) is 0.532. The second-order valence-corrected chi connectivity index (χ2v) is 5.63. The summed E-state index contributed by atoms with van der Waals surface area (Å²) < 4.78 is 16.4. The van der Waals surface area contributed by atoms with Crippen molar-refractivity contribution in [2.75, 3.05) is 40.0 Å². The van der Waals surface area contributed by atoms with Crippen molar-refractivity contribution in [2.45, 2.75) is 12.8 Å². The highest BCUT2D eigenvalue weighted by Gasteiger charge is 2.21. The van der Waals surface area contributed by atoms with Gasteiger partial charge in [0.25, 0.3) is 5.91 Å². The number of hydrogen-bond donors (Lipinski definition) is 2. The molecular formula is C16H23ClN2O4.